The number of hydrogen-bond donors (Lipinski definition) is 2. The molecule has 0 aromatic heterocycles. The predicted octanol–water partition coefficient (Wildman–Crippen LogP) is 2.25. The van der Waals surface area contributed by atoms with Gasteiger partial charge in [0.25, 0.3) is 0 Å². The summed E-state index contributed by atoms with van der Waals surface area (Å²) in [5.74, 6) is -0.712. The molecule has 18 heavy (non-hydrogen) atoms. The Morgan fingerprint density at radius 3 is 2.56 bits per heavy atom. The first kappa shape index (κ1) is 13.3. The van der Waals surface area contributed by atoms with Crippen LogP contribution in [0.15, 0.2) is 30.3 Å². The molecule has 2 N–H and O–H groups in total. The average Bonchev–Trinajstić information content (AvgIpc) is 2.34. The van der Waals surface area contributed by atoms with Gasteiger partial charge >= 0.3 is 118 Å². The van der Waals surface area contributed by atoms with Gasteiger partial charge in [0, 0.05) is 0 Å². The van der Waals surface area contributed by atoms with Crippen LogP contribution in [0.4, 0.5) is 0 Å². The number of carboxylic acids is 1. The normalized spacial score (nSPS) is 12.6. The summed E-state index contributed by atoms with van der Waals surface area (Å²) in [5.41, 5.74) is 0.779. The molecule has 0 fully saturated rings. The Hall–Kier alpha value is -1.18. The Bertz CT molecular complexity index is 612. The first-order chi connectivity index (χ1) is 8.50. The zero-order chi connectivity index (χ0) is 13.3. The molecule has 2 aromatic rings. The Morgan fingerprint density at radius 2 is 1.94 bits per heavy atom. The molecular weight excluding hydrogens is 315 g/mol. The molecule has 0 bridgehead atoms. The summed E-state index contributed by atoms with van der Waals surface area (Å²) in [5, 5.41) is 20.7. The molecule has 2 atom stereocenters. The minimum atomic E-state index is -0.830. The number of phenolic OH excluding ortho intramolecular Hbond substituents is 1. The number of benzene rings is 2. The van der Waals surface area contributed by atoms with Crippen LogP contribution < -0.4 is 0 Å². The summed E-state index contributed by atoms with van der Waals surface area (Å²) in [6.45, 7) is 0. The number of carbonyl (C=O) groups is 1. The quantitative estimate of drug-likeness (QED) is 0.851. The van der Waals surface area contributed by atoms with Gasteiger partial charge in [-0.05, 0) is 0 Å². The summed E-state index contributed by atoms with van der Waals surface area (Å²) < 4.78 is -0.456. The fourth-order valence-corrected chi connectivity index (χ4v) is 2.67. The molecule has 2 aromatic carbocycles. The first-order valence-corrected chi connectivity index (χ1v) is 7.16. The number of hydrogen-bond acceptors (Lipinski definition) is 2. The van der Waals surface area contributed by atoms with Gasteiger partial charge in [-0.2, -0.15) is 0 Å². The third-order valence-corrected chi connectivity index (χ3v) is 4.25. The van der Waals surface area contributed by atoms with Crippen molar-refractivity contribution in [2.45, 2.75) is 11.1 Å². The van der Waals surface area contributed by atoms with Crippen LogP contribution in [-0.2, 0) is 11.2 Å². The molecule has 0 aliphatic carbocycles. The molecule has 0 aliphatic heterocycles. The standard InChI is InChI=1S/C13H12AsClO3/c14-10(13(17)18)5-9-7-3-1-2-4-8(7)12(16)6-11(9)15/h1-4,6,10,16H,5,14H2,(H,17,18). The molecule has 0 amide bonds. The molecule has 2 rings (SSSR count). The van der Waals surface area contributed by atoms with Crippen molar-refractivity contribution in [1.29, 1.82) is 0 Å². The van der Waals surface area contributed by atoms with Gasteiger partial charge < -0.3 is 0 Å². The summed E-state index contributed by atoms with van der Waals surface area (Å²) in [4.78, 5) is 10.9. The molecule has 5 heteroatoms. The van der Waals surface area contributed by atoms with Gasteiger partial charge in [-0.25, -0.2) is 0 Å². The number of aliphatic carboxylic acids is 1. The van der Waals surface area contributed by atoms with E-state index in [1.165, 1.54) is 6.07 Å². The van der Waals surface area contributed by atoms with Gasteiger partial charge in [0.2, 0.25) is 0 Å². The van der Waals surface area contributed by atoms with Gasteiger partial charge in [-0.3, -0.25) is 0 Å². The van der Waals surface area contributed by atoms with Crippen LogP contribution in [0.1, 0.15) is 5.56 Å². The third kappa shape index (κ3) is 2.47. The Morgan fingerprint density at radius 1 is 1.33 bits per heavy atom. The summed E-state index contributed by atoms with van der Waals surface area (Å²) in [6, 6.07) is 8.78. The Balaban J connectivity index is 2.59. The van der Waals surface area contributed by atoms with Gasteiger partial charge in [-0.15, -0.1) is 0 Å². The average molecular weight is 327 g/mol. The second kappa shape index (κ2) is 5.21. The molecule has 0 heterocycles. The van der Waals surface area contributed by atoms with Crippen molar-refractivity contribution < 1.29 is 15.0 Å². The van der Waals surface area contributed by atoms with E-state index in [0.717, 1.165) is 27.8 Å². The molecule has 94 valence electrons. The summed E-state index contributed by atoms with van der Waals surface area (Å²) >= 11 is 7.26. The van der Waals surface area contributed by atoms with E-state index in [9.17, 15) is 9.90 Å². The van der Waals surface area contributed by atoms with Crippen LogP contribution in [0.2, 0.25) is 9.73 Å². The number of rotatable bonds is 3. The van der Waals surface area contributed by atoms with Crippen molar-refractivity contribution in [1.82, 2.24) is 0 Å². The number of fused-ring (bicyclic) bond motifs is 1. The van der Waals surface area contributed by atoms with E-state index in [1.807, 2.05) is 18.2 Å². The van der Waals surface area contributed by atoms with Gasteiger partial charge in [0.05, 0.1) is 0 Å². The van der Waals surface area contributed by atoms with Crippen molar-refractivity contribution in [3.8, 4) is 5.75 Å². The van der Waals surface area contributed by atoms with E-state index in [2.05, 4.69) is 0 Å². The van der Waals surface area contributed by atoms with E-state index < -0.39 is 10.7 Å². The van der Waals surface area contributed by atoms with Crippen LogP contribution in [0.3, 0.4) is 0 Å². The molecule has 3 nitrogen and oxygen atoms in total. The zero-order valence-corrected chi connectivity index (χ0v) is 12.6. The molecule has 0 saturated heterocycles. The fourth-order valence-electron chi connectivity index (χ4n) is 1.90. The van der Waals surface area contributed by atoms with Gasteiger partial charge in [0.1, 0.15) is 0 Å². The van der Waals surface area contributed by atoms with Crippen LogP contribution in [0, 0.1) is 0 Å². The van der Waals surface area contributed by atoms with Crippen molar-refractivity contribution in [2.24, 2.45) is 0 Å². The molecule has 2 unspecified atom stereocenters. The number of halogens is 1. The van der Waals surface area contributed by atoms with Gasteiger partial charge in [0.15, 0.2) is 0 Å². The monoisotopic (exact) mass is 326 g/mol. The number of aromatic hydroxyl groups is 1. The molecule has 0 radical (unpaired) electrons. The van der Waals surface area contributed by atoms with E-state index in [-0.39, 0.29) is 5.75 Å². The number of phenols is 1. The Labute approximate surface area is 118 Å². The van der Waals surface area contributed by atoms with Gasteiger partial charge in [-0.1, -0.05) is 0 Å². The van der Waals surface area contributed by atoms with Crippen molar-refractivity contribution in [2.75, 3.05) is 0 Å². The van der Waals surface area contributed by atoms with E-state index in [4.69, 9.17) is 16.7 Å². The zero-order valence-electron chi connectivity index (χ0n) is 9.43. The van der Waals surface area contributed by atoms with Crippen molar-refractivity contribution in [3.05, 3.63) is 40.9 Å². The molecular formula is C13H12AsClO3. The van der Waals surface area contributed by atoms with Crippen LogP contribution in [0.25, 0.3) is 10.8 Å². The fraction of sp³-hybridized carbons (Fsp3) is 0.154. The maximum absolute atomic E-state index is 10.9. The molecule has 0 saturated carbocycles. The number of carboxylic acid groups (broad SMARTS) is 1. The summed E-state index contributed by atoms with van der Waals surface area (Å²) in [6.07, 6.45) is 0.370. The van der Waals surface area contributed by atoms with Crippen LogP contribution in [0.5, 0.6) is 5.75 Å². The Kier molecular flexibility index (Phi) is 3.84. The van der Waals surface area contributed by atoms with Crippen molar-refractivity contribution >= 4 is 45.2 Å². The van der Waals surface area contributed by atoms with E-state index >= 15 is 0 Å². The second-order valence-corrected chi connectivity index (χ2v) is 6.15. The maximum atomic E-state index is 10.9. The minimum absolute atomic E-state index is 0.118. The van der Waals surface area contributed by atoms with E-state index in [0.29, 0.717) is 16.8 Å². The van der Waals surface area contributed by atoms with Crippen LogP contribution >= 0.6 is 11.6 Å². The topological polar surface area (TPSA) is 57.5 Å². The predicted molar refractivity (Wildman–Crippen MR) is 74.3 cm³/mol. The first-order valence-electron chi connectivity index (χ1n) is 5.38. The molecule has 0 aliphatic rings. The molecule has 0 spiro atoms. The summed E-state index contributed by atoms with van der Waals surface area (Å²) in [7, 11) is 0. The second-order valence-electron chi connectivity index (χ2n) is 4.05. The third-order valence-electron chi connectivity index (χ3n) is 2.82. The SMILES string of the molecule is O=C(O)C([AsH2])Cc1c(Cl)cc(O)c2ccccc12. The van der Waals surface area contributed by atoms with Crippen LogP contribution in [-0.4, -0.2) is 33.0 Å². The van der Waals surface area contributed by atoms with E-state index in [1.54, 1.807) is 6.07 Å². The van der Waals surface area contributed by atoms with Crippen molar-refractivity contribution in [3.63, 3.8) is 0 Å².